The number of aromatic nitrogens is 1. The summed E-state index contributed by atoms with van der Waals surface area (Å²) < 4.78 is 50.0. The minimum Gasteiger partial charge on any atom is -0.361 e. The van der Waals surface area contributed by atoms with Crippen molar-refractivity contribution < 1.29 is 16.8 Å². The Hall–Kier alpha value is -1.16. The molecule has 0 amide bonds. The molecule has 2 heterocycles. The number of halogens is 1. The third-order valence-corrected chi connectivity index (χ3v) is 9.06. The Balaban J connectivity index is 2.15. The van der Waals surface area contributed by atoms with E-state index >= 15 is 0 Å². The summed E-state index contributed by atoms with van der Waals surface area (Å²) in [6.45, 7) is 3.45. The lowest BCUT2D eigenvalue weighted by Gasteiger charge is -2.31. The number of nitrogens with zero attached hydrogens (tertiary/aromatic N) is 2. The fraction of sp³-hybridized carbons (Fsp3) is 0.438. The normalized spacial score (nSPS) is 18.9. The van der Waals surface area contributed by atoms with Crippen molar-refractivity contribution in [3.8, 4) is 0 Å². The highest BCUT2D eigenvalue weighted by Crippen LogP contribution is 2.39. The summed E-state index contributed by atoms with van der Waals surface area (Å²) in [5, 5.41) is 0.621. The summed E-state index contributed by atoms with van der Waals surface area (Å²) >= 11 is 6.77. The van der Waals surface area contributed by atoms with Crippen molar-refractivity contribution in [2.45, 2.75) is 34.0 Å². The van der Waals surface area contributed by atoms with E-state index in [1.807, 2.05) is 4.90 Å². The number of hydrogen-bond acceptors (Lipinski definition) is 7. The summed E-state index contributed by atoms with van der Waals surface area (Å²) in [7, 11) is -7.57. The Kier molecular flexibility index (Phi) is 5.35. The fourth-order valence-electron chi connectivity index (χ4n) is 2.91. The van der Waals surface area contributed by atoms with E-state index in [0.717, 1.165) is 30.4 Å². The first-order chi connectivity index (χ1) is 12.1. The van der Waals surface area contributed by atoms with Crippen LogP contribution in [0.5, 0.6) is 0 Å². The predicted octanol–water partition coefficient (Wildman–Crippen LogP) is 3.27. The summed E-state index contributed by atoms with van der Waals surface area (Å²) in [6, 6.07) is 5.78. The van der Waals surface area contributed by atoms with Gasteiger partial charge < -0.3 is 4.90 Å². The van der Waals surface area contributed by atoms with Crippen LogP contribution >= 0.6 is 22.9 Å². The first-order valence-electron chi connectivity index (χ1n) is 8.05. The fourth-order valence-corrected chi connectivity index (χ4v) is 6.73. The van der Waals surface area contributed by atoms with E-state index < -0.39 is 19.7 Å². The molecule has 2 aromatic rings. The van der Waals surface area contributed by atoms with Crippen LogP contribution in [-0.4, -0.2) is 41.2 Å². The smallest absolute Gasteiger partial charge is 0.226 e. The van der Waals surface area contributed by atoms with Crippen molar-refractivity contribution in [3.05, 3.63) is 29.3 Å². The molecule has 1 fully saturated rings. The number of anilines is 1. The van der Waals surface area contributed by atoms with Crippen molar-refractivity contribution in [1.29, 1.82) is 0 Å². The average molecular weight is 435 g/mol. The van der Waals surface area contributed by atoms with Crippen LogP contribution in [0.15, 0.2) is 38.5 Å². The molecular formula is C16H19ClN2O4S3. The van der Waals surface area contributed by atoms with Crippen LogP contribution in [0.4, 0.5) is 5.00 Å². The van der Waals surface area contributed by atoms with Crippen LogP contribution in [0, 0.1) is 5.92 Å². The molecule has 1 aliphatic heterocycles. The molecule has 142 valence electrons. The molecule has 0 saturated carbocycles. The third kappa shape index (κ3) is 3.90. The largest absolute Gasteiger partial charge is 0.361 e. The summed E-state index contributed by atoms with van der Waals surface area (Å²) in [5.74, 6) is 0.401. The van der Waals surface area contributed by atoms with Gasteiger partial charge in [0.2, 0.25) is 24.0 Å². The van der Waals surface area contributed by atoms with Gasteiger partial charge in [-0.05, 0) is 43.0 Å². The summed E-state index contributed by atoms with van der Waals surface area (Å²) in [5.41, 5.74) is 0. The van der Waals surface area contributed by atoms with Gasteiger partial charge in [-0.3, -0.25) is 0 Å². The molecule has 1 aromatic heterocycles. The van der Waals surface area contributed by atoms with Gasteiger partial charge in [-0.1, -0.05) is 29.9 Å². The standard InChI is InChI=1S/C16H19ClN2O4S3/c1-11-4-3-9-19(10-11)15-14(18-16(24-15)25(2,20)21)26(22,23)13-7-5-12(17)6-8-13/h5-8,11H,3-4,9-10H2,1-2H3/t11-/m1/s1. The molecule has 0 spiro atoms. The number of piperidine rings is 1. The lowest BCUT2D eigenvalue weighted by molar-refractivity contribution is 0.446. The molecule has 1 aliphatic rings. The van der Waals surface area contributed by atoms with Crippen molar-refractivity contribution in [1.82, 2.24) is 4.98 Å². The van der Waals surface area contributed by atoms with Gasteiger partial charge in [-0.15, -0.1) is 0 Å². The molecule has 6 nitrogen and oxygen atoms in total. The lowest BCUT2D eigenvalue weighted by atomic mass is 10.0. The quantitative estimate of drug-likeness (QED) is 0.734. The highest BCUT2D eigenvalue weighted by atomic mass is 35.5. The van der Waals surface area contributed by atoms with Crippen molar-refractivity contribution in [2.24, 2.45) is 5.92 Å². The van der Waals surface area contributed by atoms with E-state index in [9.17, 15) is 16.8 Å². The second-order valence-corrected chi connectivity index (χ2v) is 12.0. The third-order valence-electron chi connectivity index (χ3n) is 4.20. The van der Waals surface area contributed by atoms with Crippen LogP contribution in [0.2, 0.25) is 5.02 Å². The van der Waals surface area contributed by atoms with Crippen LogP contribution in [0.3, 0.4) is 0 Å². The van der Waals surface area contributed by atoms with Crippen molar-refractivity contribution in [2.75, 3.05) is 24.2 Å². The van der Waals surface area contributed by atoms with E-state index in [1.165, 1.54) is 24.3 Å². The maximum Gasteiger partial charge on any atom is 0.226 e. The molecule has 0 unspecified atom stereocenters. The Bertz CT molecular complexity index is 1010. The topological polar surface area (TPSA) is 84.4 Å². The van der Waals surface area contributed by atoms with Gasteiger partial charge in [0, 0.05) is 24.4 Å². The molecule has 1 aromatic carbocycles. The first-order valence-corrected chi connectivity index (χ1v) is 12.6. The number of hydrogen-bond donors (Lipinski definition) is 0. The predicted molar refractivity (Wildman–Crippen MR) is 103 cm³/mol. The SMILES string of the molecule is C[C@@H]1CCCN(c2sc(S(C)(=O)=O)nc2S(=O)(=O)c2ccc(Cl)cc2)C1. The second-order valence-electron chi connectivity index (χ2n) is 6.51. The Morgan fingerprint density at radius 3 is 2.42 bits per heavy atom. The highest BCUT2D eigenvalue weighted by molar-refractivity contribution is 7.93. The zero-order valence-electron chi connectivity index (χ0n) is 14.3. The Morgan fingerprint density at radius 1 is 1.19 bits per heavy atom. The first kappa shape index (κ1) is 19.6. The Morgan fingerprint density at radius 2 is 1.85 bits per heavy atom. The van der Waals surface area contributed by atoms with Gasteiger partial charge in [0.15, 0.2) is 5.03 Å². The van der Waals surface area contributed by atoms with Gasteiger partial charge in [-0.25, -0.2) is 21.8 Å². The van der Waals surface area contributed by atoms with Crippen molar-refractivity contribution in [3.63, 3.8) is 0 Å². The molecule has 10 heteroatoms. The minimum atomic E-state index is -3.96. The number of thiazole rings is 1. The zero-order valence-corrected chi connectivity index (χ0v) is 17.6. The molecule has 0 aliphatic carbocycles. The summed E-state index contributed by atoms with van der Waals surface area (Å²) in [4.78, 5) is 5.99. The minimum absolute atomic E-state index is 0.0403. The van der Waals surface area contributed by atoms with Gasteiger partial charge in [0.05, 0.1) is 4.90 Å². The zero-order chi connectivity index (χ0) is 19.1. The van der Waals surface area contributed by atoms with Crippen molar-refractivity contribution >= 4 is 47.6 Å². The van der Waals surface area contributed by atoms with Gasteiger partial charge in [-0.2, -0.15) is 0 Å². The van der Waals surface area contributed by atoms with E-state index in [0.29, 0.717) is 29.0 Å². The number of benzene rings is 1. The molecule has 0 N–H and O–H groups in total. The molecular weight excluding hydrogens is 416 g/mol. The molecule has 0 bridgehead atoms. The monoisotopic (exact) mass is 434 g/mol. The number of sulfone groups is 2. The lowest BCUT2D eigenvalue weighted by Crippen LogP contribution is -2.34. The van der Waals surface area contributed by atoms with E-state index in [-0.39, 0.29) is 14.3 Å². The average Bonchev–Trinajstić information content (AvgIpc) is 3.01. The maximum atomic E-state index is 13.1. The second kappa shape index (κ2) is 7.10. The van der Waals surface area contributed by atoms with Gasteiger partial charge in [0.25, 0.3) is 0 Å². The van der Waals surface area contributed by atoms with Crippen LogP contribution in [-0.2, 0) is 19.7 Å². The molecule has 1 atom stereocenters. The van der Waals surface area contributed by atoms with E-state index in [1.54, 1.807) is 0 Å². The Labute approximate surface area is 162 Å². The summed E-state index contributed by atoms with van der Waals surface area (Å²) in [6.07, 6.45) is 3.02. The van der Waals surface area contributed by atoms with Crippen LogP contribution in [0.1, 0.15) is 19.8 Å². The highest BCUT2D eigenvalue weighted by Gasteiger charge is 2.32. The maximum absolute atomic E-state index is 13.1. The van der Waals surface area contributed by atoms with Gasteiger partial charge in [0.1, 0.15) is 5.00 Å². The molecule has 26 heavy (non-hydrogen) atoms. The molecule has 0 radical (unpaired) electrons. The van der Waals surface area contributed by atoms with Gasteiger partial charge >= 0.3 is 0 Å². The molecule has 1 saturated heterocycles. The van der Waals surface area contributed by atoms with E-state index in [4.69, 9.17) is 11.6 Å². The van der Waals surface area contributed by atoms with E-state index in [2.05, 4.69) is 11.9 Å². The number of rotatable bonds is 4. The van der Waals surface area contributed by atoms with Crippen LogP contribution in [0.25, 0.3) is 0 Å². The molecule has 3 rings (SSSR count). The van der Waals surface area contributed by atoms with Crippen LogP contribution < -0.4 is 4.90 Å².